The van der Waals surface area contributed by atoms with E-state index in [0.29, 0.717) is 12.4 Å². The van der Waals surface area contributed by atoms with Crippen LogP contribution in [0.25, 0.3) is 0 Å². The average molecular weight is 263 g/mol. The number of Topliss-reactive ketones (excluding diaryl/α,β-unsaturated/α-hetero) is 1. The lowest BCUT2D eigenvalue weighted by Gasteiger charge is -2.32. The third-order valence-corrected chi connectivity index (χ3v) is 3.33. The molecule has 0 bridgehead atoms. The van der Waals surface area contributed by atoms with Crippen LogP contribution in [0.3, 0.4) is 0 Å². The van der Waals surface area contributed by atoms with Crippen LogP contribution in [0.15, 0.2) is 12.3 Å². The van der Waals surface area contributed by atoms with Crippen molar-refractivity contribution in [2.75, 3.05) is 25.1 Å². The molecule has 0 saturated carbocycles. The molecule has 0 aliphatic carbocycles. The summed E-state index contributed by atoms with van der Waals surface area (Å²) in [6, 6.07) is 1.74. The molecule has 1 aromatic heterocycles. The highest BCUT2D eigenvalue weighted by Gasteiger charge is 2.24. The lowest BCUT2D eigenvalue weighted by atomic mass is 9.95. The molecule has 19 heavy (non-hydrogen) atoms. The summed E-state index contributed by atoms with van der Waals surface area (Å²) >= 11 is 0. The van der Waals surface area contributed by atoms with Crippen molar-refractivity contribution in [1.82, 2.24) is 9.97 Å². The molecule has 1 unspecified atom stereocenters. The van der Waals surface area contributed by atoms with Crippen LogP contribution in [0.5, 0.6) is 0 Å². The Labute approximate surface area is 111 Å². The van der Waals surface area contributed by atoms with Crippen molar-refractivity contribution in [2.24, 2.45) is 5.92 Å². The smallest absolute Gasteiger partial charge is 0.376 e. The highest BCUT2D eigenvalue weighted by Crippen LogP contribution is 2.22. The van der Waals surface area contributed by atoms with Crippen molar-refractivity contribution in [3.8, 4) is 0 Å². The first-order valence-electron chi connectivity index (χ1n) is 6.28. The summed E-state index contributed by atoms with van der Waals surface area (Å²) in [5.74, 6) is 0.408. The Morgan fingerprint density at radius 1 is 1.47 bits per heavy atom. The number of piperidine rings is 1. The third kappa shape index (κ3) is 3.07. The molecule has 102 valence electrons. The summed E-state index contributed by atoms with van der Waals surface area (Å²) < 4.78 is 4.60. The number of hydrogen-bond donors (Lipinski definition) is 0. The molecule has 0 radical (unpaired) electrons. The Morgan fingerprint density at radius 3 is 2.95 bits per heavy atom. The van der Waals surface area contributed by atoms with E-state index in [-0.39, 0.29) is 17.5 Å². The maximum atomic E-state index is 11.5. The normalized spacial score (nSPS) is 19.1. The summed E-state index contributed by atoms with van der Waals surface area (Å²) in [7, 11) is 1.30. The van der Waals surface area contributed by atoms with E-state index in [1.165, 1.54) is 13.3 Å². The van der Waals surface area contributed by atoms with Gasteiger partial charge in [0.15, 0.2) is 0 Å². The van der Waals surface area contributed by atoms with Crippen LogP contribution < -0.4 is 4.90 Å². The summed E-state index contributed by atoms with van der Waals surface area (Å²) in [6.07, 6.45) is 3.40. The molecule has 0 amide bonds. The SMILES string of the molecule is COC(=O)c1nccc(N2CCCC(C(C)=O)C2)n1. The van der Waals surface area contributed by atoms with Crippen molar-refractivity contribution < 1.29 is 14.3 Å². The Hall–Kier alpha value is -1.98. The van der Waals surface area contributed by atoms with Crippen molar-refractivity contribution in [3.63, 3.8) is 0 Å². The summed E-state index contributed by atoms with van der Waals surface area (Å²) in [4.78, 5) is 33.0. The number of nitrogens with zero attached hydrogens (tertiary/aromatic N) is 3. The number of ketones is 1. The van der Waals surface area contributed by atoms with Crippen LogP contribution in [0.2, 0.25) is 0 Å². The molecule has 1 fully saturated rings. The Kier molecular flexibility index (Phi) is 4.09. The first-order valence-corrected chi connectivity index (χ1v) is 6.28. The average Bonchev–Trinajstić information content (AvgIpc) is 2.46. The minimum Gasteiger partial charge on any atom is -0.463 e. The fourth-order valence-corrected chi connectivity index (χ4v) is 2.23. The lowest BCUT2D eigenvalue weighted by molar-refractivity contribution is -0.120. The van der Waals surface area contributed by atoms with Crippen molar-refractivity contribution >= 4 is 17.6 Å². The van der Waals surface area contributed by atoms with Crippen molar-refractivity contribution in [3.05, 3.63) is 18.1 Å². The summed E-state index contributed by atoms with van der Waals surface area (Å²) in [5.41, 5.74) is 0. The Morgan fingerprint density at radius 2 is 2.26 bits per heavy atom. The molecule has 1 atom stereocenters. The Bertz CT molecular complexity index is 490. The van der Waals surface area contributed by atoms with Gasteiger partial charge in [0.25, 0.3) is 0 Å². The maximum Gasteiger partial charge on any atom is 0.376 e. The highest BCUT2D eigenvalue weighted by atomic mass is 16.5. The van der Waals surface area contributed by atoms with Crippen LogP contribution in [0.4, 0.5) is 5.82 Å². The number of rotatable bonds is 3. The van der Waals surface area contributed by atoms with E-state index in [2.05, 4.69) is 14.7 Å². The van der Waals surface area contributed by atoms with Crippen LogP contribution in [0.1, 0.15) is 30.4 Å². The number of esters is 1. The van der Waals surface area contributed by atoms with E-state index >= 15 is 0 Å². The molecule has 1 saturated heterocycles. The lowest BCUT2D eigenvalue weighted by Crippen LogP contribution is -2.38. The fraction of sp³-hybridized carbons (Fsp3) is 0.538. The van der Waals surface area contributed by atoms with E-state index in [4.69, 9.17) is 0 Å². The molecule has 2 heterocycles. The van der Waals surface area contributed by atoms with Gasteiger partial charge in [0.2, 0.25) is 5.82 Å². The van der Waals surface area contributed by atoms with E-state index < -0.39 is 5.97 Å². The number of anilines is 1. The standard InChI is InChI=1S/C13H17N3O3/c1-9(17)10-4-3-7-16(8-10)11-5-6-14-12(15-11)13(18)19-2/h5-6,10H,3-4,7-8H2,1-2H3. The van der Waals surface area contributed by atoms with E-state index in [1.807, 2.05) is 4.90 Å². The largest absolute Gasteiger partial charge is 0.463 e. The number of hydrogen-bond acceptors (Lipinski definition) is 6. The molecule has 0 N–H and O–H groups in total. The molecule has 1 aliphatic heterocycles. The van der Waals surface area contributed by atoms with Crippen LogP contribution >= 0.6 is 0 Å². The summed E-state index contributed by atoms with van der Waals surface area (Å²) in [6.45, 7) is 3.10. The predicted molar refractivity (Wildman–Crippen MR) is 69.0 cm³/mol. The van der Waals surface area contributed by atoms with Gasteiger partial charge in [0.05, 0.1) is 7.11 Å². The first-order chi connectivity index (χ1) is 9.11. The molecule has 1 aromatic rings. The van der Waals surface area contributed by atoms with Gasteiger partial charge < -0.3 is 9.64 Å². The van der Waals surface area contributed by atoms with Crippen LogP contribution in [-0.4, -0.2) is 41.9 Å². The quantitative estimate of drug-likeness (QED) is 0.759. The van der Waals surface area contributed by atoms with Crippen molar-refractivity contribution in [1.29, 1.82) is 0 Å². The van der Waals surface area contributed by atoms with Gasteiger partial charge in [0, 0.05) is 25.2 Å². The zero-order chi connectivity index (χ0) is 13.8. The third-order valence-electron chi connectivity index (χ3n) is 3.33. The van der Waals surface area contributed by atoms with Gasteiger partial charge in [-0.2, -0.15) is 0 Å². The molecule has 2 rings (SSSR count). The minimum atomic E-state index is -0.554. The van der Waals surface area contributed by atoms with Gasteiger partial charge in [-0.25, -0.2) is 14.8 Å². The second-order valence-electron chi connectivity index (χ2n) is 4.63. The van der Waals surface area contributed by atoms with Gasteiger partial charge in [-0.15, -0.1) is 0 Å². The van der Waals surface area contributed by atoms with Gasteiger partial charge in [-0.3, -0.25) is 4.79 Å². The van der Waals surface area contributed by atoms with Crippen LogP contribution in [0, 0.1) is 5.92 Å². The van der Waals surface area contributed by atoms with Gasteiger partial charge in [0.1, 0.15) is 11.6 Å². The molecular weight excluding hydrogens is 246 g/mol. The molecule has 6 nitrogen and oxygen atoms in total. The number of carbonyl (C=O) groups is 2. The topological polar surface area (TPSA) is 72.4 Å². The highest BCUT2D eigenvalue weighted by molar-refractivity contribution is 5.85. The van der Waals surface area contributed by atoms with Gasteiger partial charge >= 0.3 is 5.97 Å². The predicted octanol–water partition coefficient (Wildman–Crippen LogP) is 1.07. The second-order valence-corrected chi connectivity index (χ2v) is 4.63. The molecular formula is C13H17N3O3. The number of aromatic nitrogens is 2. The molecule has 0 aromatic carbocycles. The van der Waals surface area contributed by atoms with E-state index in [9.17, 15) is 9.59 Å². The molecule has 0 spiro atoms. The molecule has 6 heteroatoms. The van der Waals surface area contributed by atoms with Crippen LogP contribution in [-0.2, 0) is 9.53 Å². The van der Waals surface area contributed by atoms with Crippen molar-refractivity contribution in [2.45, 2.75) is 19.8 Å². The van der Waals surface area contributed by atoms with Gasteiger partial charge in [-0.1, -0.05) is 0 Å². The zero-order valence-electron chi connectivity index (χ0n) is 11.1. The van der Waals surface area contributed by atoms with Gasteiger partial charge in [-0.05, 0) is 25.8 Å². The minimum absolute atomic E-state index is 0.0462. The fourth-order valence-electron chi connectivity index (χ4n) is 2.23. The first kappa shape index (κ1) is 13.5. The van der Waals surface area contributed by atoms with E-state index in [1.54, 1.807) is 13.0 Å². The van der Waals surface area contributed by atoms with E-state index in [0.717, 1.165) is 19.4 Å². The summed E-state index contributed by atoms with van der Waals surface area (Å²) in [5, 5.41) is 0. The maximum absolute atomic E-state index is 11.5. The number of ether oxygens (including phenoxy) is 1. The monoisotopic (exact) mass is 263 g/mol. The Balaban J connectivity index is 2.17. The molecule has 1 aliphatic rings. The second kappa shape index (κ2) is 5.77. The zero-order valence-corrected chi connectivity index (χ0v) is 11.1. The number of methoxy groups -OCH3 is 1. The number of carbonyl (C=O) groups excluding carboxylic acids is 2.